The number of carbonyl (C=O) groups excluding carboxylic acids is 1. The number of hydrogen-bond acceptors (Lipinski definition) is 4. The molecule has 2 saturated heterocycles. The van der Waals surface area contributed by atoms with Crippen LogP contribution in [0.15, 0.2) is 22.8 Å². The van der Waals surface area contributed by atoms with Crippen LogP contribution in [-0.2, 0) is 16.1 Å². The SMILES string of the molecule is O=C(CC1CC1)N1C[C@H]2CN(Cc3ccco3)CCO[C@H]2C1. The van der Waals surface area contributed by atoms with Crippen molar-refractivity contribution in [2.45, 2.75) is 31.9 Å². The van der Waals surface area contributed by atoms with Gasteiger partial charge in [-0.25, -0.2) is 0 Å². The predicted octanol–water partition coefficient (Wildman–Crippen LogP) is 1.74. The van der Waals surface area contributed by atoms with Crippen molar-refractivity contribution in [2.24, 2.45) is 11.8 Å². The quantitative estimate of drug-likeness (QED) is 0.850. The van der Waals surface area contributed by atoms with Crippen LogP contribution >= 0.6 is 0 Å². The number of likely N-dealkylation sites (tertiary alicyclic amines) is 1. The molecule has 0 N–H and O–H groups in total. The average molecular weight is 304 g/mol. The first-order valence-corrected chi connectivity index (χ1v) is 8.42. The van der Waals surface area contributed by atoms with E-state index in [0.29, 0.717) is 17.7 Å². The molecule has 5 heteroatoms. The van der Waals surface area contributed by atoms with Gasteiger partial charge in [0.15, 0.2) is 0 Å². The Bertz CT molecular complexity index is 512. The van der Waals surface area contributed by atoms with E-state index in [4.69, 9.17) is 9.15 Å². The molecule has 0 radical (unpaired) electrons. The van der Waals surface area contributed by atoms with Crippen LogP contribution in [0.2, 0.25) is 0 Å². The number of hydrogen-bond donors (Lipinski definition) is 0. The summed E-state index contributed by atoms with van der Waals surface area (Å²) >= 11 is 0. The van der Waals surface area contributed by atoms with Gasteiger partial charge in [-0.15, -0.1) is 0 Å². The molecular formula is C17H24N2O3. The predicted molar refractivity (Wildman–Crippen MR) is 81.1 cm³/mol. The zero-order valence-electron chi connectivity index (χ0n) is 12.9. The smallest absolute Gasteiger partial charge is 0.222 e. The summed E-state index contributed by atoms with van der Waals surface area (Å²) in [5, 5.41) is 0. The fourth-order valence-corrected chi connectivity index (χ4v) is 3.63. The van der Waals surface area contributed by atoms with Crippen LogP contribution in [0.4, 0.5) is 0 Å². The highest BCUT2D eigenvalue weighted by Crippen LogP contribution is 2.34. The number of nitrogens with zero attached hydrogens (tertiary/aromatic N) is 2. The Morgan fingerprint density at radius 1 is 1.27 bits per heavy atom. The molecule has 0 bridgehead atoms. The van der Waals surface area contributed by atoms with E-state index in [1.54, 1.807) is 6.26 Å². The van der Waals surface area contributed by atoms with Crippen LogP contribution in [0, 0.1) is 11.8 Å². The zero-order chi connectivity index (χ0) is 14.9. The Kier molecular flexibility index (Phi) is 3.92. The number of fused-ring (bicyclic) bond motifs is 1. The number of rotatable bonds is 4. The van der Waals surface area contributed by atoms with Gasteiger partial charge < -0.3 is 14.1 Å². The highest BCUT2D eigenvalue weighted by atomic mass is 16.5. The van der Waals surface area contributed by atoms with E-state index in [-0.39, 0.29) is 6.10 Å². The molecule has 120 valence electrons. The summed E-state index contributed by atoms with van der Waals surface area (Å²) in [7, 11) is 0. The van der Waals surface area contributed by atoms with Gasteiger partial charge in [0, 0.05) is 38.5 Å². The molecule has 3 fully saturated rings. The Hall–Kier alpha value is -1.33. The van der Waals surface area contributed by atoms with Gasteiger partial charge in [-0.2, -0.15) is 0 Å². The van der Waals surface area contributed by atoms with Gasteiger partial charge in [0.2, 0.25) is 5.91 Å². The average Bonchev–Trinajstić information content (AvgIpc) is 3.06. The number of carbonyl (C=O) groups is 1. The standard InChI is InChI=1S/C17H24N2O3/c20-17(8-13-3-4-13)19-10-14-9-18(5-7-22-16(14)12-19)11-15-2-1-6-21-15/h1-2,6,13-14,16H,3-5,7-12H2/t14-,16+/m1/s1. The Morgan fingerprint density at radius 3 is 2.95 bits per heavy atom. The van der Waals surface area contributed by atoms with Crippen molar-refractivity contribution < 1.29 is 13.9 Å². The van der Waals surface area contributed by atoms with E-state index >= 15 is 0 Å². The molecule has 1 aromatic heterocycles. The maximum atomic E-state index is 12.3. The molecule has 0 unspecified atom stereocenters. The van der Waals surface area contributed by atoms with E-state index in [2.05, 4.69) is 4.90 Å². The van der Waals surface area contributed by atoms with Crippen LogP contribution < -0.4 is 0 Å². The van der Waals surface area contributed by atoms with Crippen molar-refractivity contribution in [3.8, 4) is 0 Å². The third-order valence-electron chi connectivity index (χ3n) is 5.09. The van der Waals surface area contributed by atoms with Gasteiger partial charge >= 0.3 is 0 Å². The first-order chi connectivity index (χ1) is 10.8. The highest BCUT2D eigenvalue weighted by Gasteiger charge is 2.39. The molecule has 1 aromatic rings. The summed E-state index contributed by atoms with van der Waals surface area (Å²) in [5.41, 5.74) is 0. The molecule has 5 nitrogen and oxygen atoms in total. The van der Waals surface area contributed by atoms with Crippen molar-refractivity contribution in [1.82, 2.24) is 9.80 Å². The van der Waals surface area contributed by atoms with Gasteiger partial charge in [-0.1, -0.05) is 0 Å². The summed E-state index contributed by atoms with van der Waals surface area (Å²) in [6.45, 7) is 5.13. The molecular weight excluding hydrogens is 280 g/mol. The largest absolute Gasteiger partial charge is 0.468 e. The molecule has 4 rings (SSSR count). The summed E-state index contributed by atoms with van der Waals surface area (Å²) in [6, 6.07) is 3.95. The molecule has 2 atom stereocenters. The first-order valence-electron chi connectivity index (χ1n) is 8.42. The molecule has 1 amide bonds. The van der Waals surface area contributed by atoms with E-state index in [9.17, 15) is 4.79 Å². The molecule has 22 heavy (non-hydrogen) atoms. The van der Waals surface area contributed by atoms with Crippen molar-refractivity contribution in [3.05, 3.63) is 24.2 Å². The minimum Gasteiger partial charge on any atom is -0.468 e. The van der Waals surface area contributed by atoms with E-state index in [0.717, 1.165) is 51.5 Å². The normalized spacial score (nSPS) is 29.4. The number of amides is 1. The zero-order valence-corrected chi connectivity index (χ0v) is 12.9. The third kappa shape index (κ3) is 3.20. The number of ether oxygens (including phenoxy) is 1. The number of furan rings is 1. The molecule has 3 heterocycles. The maximum absolute atomic E-state index is 12.3. The lowest BCUT2D eigenvalue weighted by Gasteiger charge is -2.22. The second-order valence-electron chi connectivity index (χ2n) is 6.93. The summed E-state index contributed by atoms with van der Waals surface area (Å²) in [5.74, 6) is 2.42. The molecule has 1 saturated carbocycles. The third-order valence-corrected chi connectivity index (χ3v) is 5.09. The monoisotopic (exact) mass is 304 g/mol. The Balaban J connectivity index is 1.35. The van der Waals surface area contributed by atoms with Crippen LogP contribution in [0.3, 0.4) is 0 Å². The van der Waals surface area contributed by atoms with Gasteiger partial charge in [0.05, 0.1) is 25.5 Å². The lowest BCUT2D eigenvalue weighted by Crippen LogP contribution is -2.33. The topological polar surface area (TPSA) is 45.9 Å². The second-order valence-corrected chi connectivity index (χ2v) is 6.93. The first kappa shape index (κ1) is 14.3. The van der Waals surface area contributed by atoms with Gasteiger partial charge in [-0.05, 0) is 30.9 Å². The van der Waals surface area contributed by atoms with E-state index in [1.165, 1.54) is 12.8 Å². The molecule has 0 aromatic carbocycles. The van der Waals surface area contributed by atoms with Gasteiger partial charge in [0.25, 0.3) is 0 Å². The van der Waals surface area contributed by atoms with Crippen LogP contribution in [-0.4, -0.2) is 54.6 Å². The fraction of sp³-hybridized carbons (Fsp3) is 0.706. The summed E-state index contributed by atoms with van der Waals surface area (Å²) in [6.07, 6.45) is 5.15. The lowest BCUT2D eigenvalue weighted by molar-refractivity contribution is -0.131. The Morgan fingerprint density at radius 2 is 2.18 bits per heavy atom. The van der Waals surface area contributed by atoms with Crippen LogP contribution in [0.25, 0.3) is 0 Å². The fourth-order valence-electron chi connectivity index (χ4n) is 3.63. The molecule has 1 aliphatic carbocycles. The Labute approximate surface area is 131 Å². The minimum atomic E-state index is 0.213. The summed E-state index contributed by atoms with van der Waals surface area (Å²) in [4.78, 5) is 16.7. The van der Waals surface area contributed by atoms with Gasteiger partial charge in [0.1, 0.15) is 5.76 Å². The van der Waals surface area contributed by atoms with Crippen molar-refractivity contribution in [3.63, 3.8) is 0 Å². The van der Waals surface area contributed by atoms with Crippen molar-refractivity contribution in [2.75, 3.05) is 32.8 Å². The second kappa shape index (κ2) is 6.05. The van der Waals surface area contributed by atoms with Gasteiger partial charge in [-0.3, -0.25) is 9.69 Å². The van der Waals surface area contributed by atoms with Crippen molar-refractivity contribution >= 4 is 5.91 Å². The van der Waals surface area contributed by atoms with E-state index in [1.807, 2.05) is 17.0 Å². The molecule has 2 aliphatic heterocycles. The van der Waals surface area contributed by atoms with Crippen molar-refractivity contribution in [1.29, 1.82) is 0 Å². The molecule has 3 aliphatic rings. The van der Waals surface area contributed by atoms with Crippen LogP contribution in [0.1, 0.15) is 25.0 Å². The summed E-state index contributed by atoms with van der Waals surface area (Å²) < 4.78 is 11.5. The maximum Gasteiger partial charge on any atom is 0.222 e. The highest BCUT2D eigenvalue weighted by molar-refractivity contribution is 5.77. The minimum absolute atomic E-state index is 0.213. The lowest BCUT2D eigenvalue weighted by atomic mass is 10.1. The van der Waals surface area contributed by atoms with Crippen LogP contribution in [0.5, 0.6) is 0 Å². The molecule has 0 spiro atoms. The van der Waals surface area contributed by atoms with E-state index < -0.39 is 0 Å².